The van der Waals surface area contributed by atoms with Crippen LogP contribution in [0.1, 0.15) is 13.8 Å². The standard InChI is InChI=1S/C13H20N2O2S/c1-3-18(17)10-9-14-11(2)13(16)15-12-7-5-4-6-8-12/h4-8,11,14H,3,9-10H2,1-2H3,(H,15,16). The third kappa shape index (κ3) is 5.42. The number of hydrogen-bond donors (Lipinski definition) is 2. The molecule has 0 radical (unpaired) electrons. The topological polar surface area (TPSA) is 58.2 Å². The molecule has 0 aliphatic carbocycles. The summed E-state index contributed by atoms with van der Waals surface area (Å²) in [4.78, 5) is 11.8. The molecular formula is C13H20N2O2S. The molecule has 2 N–H and O–H groups in total. The van der Waals surface area contributed by atoms with Gasteiger partial charge in [0.15, 0.2) is 0 Å². The first-order chi connectivity index (χ1) is 8.63. The molecule has 0 aliphatic rings. The summed E-state index contributed by atoms with van der Waals surface area (Å²) in [6, 6.07) is 9.04. The van der Waals surface area contributed by atoms with E-state index in [2.05, 4.69) is 10.6 Å². The van der Waals surface area contributed by atoms with Gasteiger partial charge in [-0.1, -0.05) is 25.1 Å². The molecule has 1 aromatic carbocycles. The van der Waals surface area contributed by atoms with Crippen molar-refractivity contribution in [2.45, 2.75) is 19.9 Å². The molecule has 0 fully saturated rings. The molecule has 0 aromatic heterocycles. The van der Waals surface area contributed by atoms with Crippen LogP contribution < -0.4 is 10.6 Å². The minimum Gasteiger partial charge on any atom is -0.325 e. The van der Waals surface area contributed by atoms with E-state index in [1.807, 2.05) is 37.3 Å². The normalized spacial score (nSPS) is 13.9. The second-order valence-electron chi connectivity index (χ2n) is 3.96. The zero-order valence-electron chi connectivity index (χ0n) is 10.8. The Morgan fingerprint density at radius 1 is 1.33 bits per heavy atom. The number of hydrogen-bond acceptors (Lipinski definition) is 3. The molecular weight excluding hydrogens is 248 g/mol. The Kier molecular flexibility index (Phi) is 6.60. The quantitative estimate of drug-likeness (QED) is 0.785. The summed E-state index contributed by atoms with van der Waals surface area (Å²) in [6.07, 6.45) is 0. The highest BCUT2D eigenvalue weighted by molar-refractivity contribution is 7.84. The van der Waals surface area contributed by atoms with Gasteiger partial charge in [-0.05, 0) is 19.1 Å². The van der Waals surface area contributed by atoms with Crippen LogP contribution in [0.15, 0.2) is 30.3 Å². The van der Waals surface area contributed by atoms with Gasteiger partial charge in [0.2, 0.25) is 5.91 Å². The zero-order valence-corrected chi connectivity index (χ0v) is 11.6. The number of carbonyl (C=O) groups excluding carboxylic acids is 1. The monoisotopic (exact) mass is 268 g/mol. The fourth-order valence-electron chi connectivity index (χ4n) is 1.40. The highest BCUT2D eigenvalue weighted by Gasteiger charge is 2.11. The molecule has 2 unspecified atom stereocenters. The fourth-order valence-corrected chi connectivity index (χ4v) is 2.03. The average Bonchev–Trinajstić information content (AvgIpc) is 2.39. The molecule has 0 heterocycles. The molecule has 1 aromatic rings. The van der Waals surface area contributed by atoms with Gasteiger partial charge in [0.05, 0.1) is 6.04 Å². The van der Waals surface area contributed by atoms with Crippen molar-refractivity contribution in [1.82, 2.24) is 5.32 Å². The van der Waals surface area contributed by atoms with Crippen molar-refractivity contribution in [3.63, 3.8) is 0 Å². The summed E-state index contributed by atoms with van der Waals surface area (Å²) in [5.74, 6) is 1.16. The van der Waals surface area contributed by atoms with Gasteiger partial charge in [-0.15, -0.1) is 0 Å². The van der Waals surface area contributed by atoms with E-state index >= 15 is 0 Å². The molecule has 18 heavy (non-hydrogen) atoms. The maximum absolute atomic E-state index is 11.8. The highest BCUT2D eigenvalue weighted by Crippen LogP contribution is 2.05. The van der Waals surface area contributed by atoms with Crippen LogP contribution in [-0.2, 0) is 15.6 Å². The van der Waals surface area contributed by atoms with E-state index in [0.29, 0.717) is 18.1 Å². The Bertz CT molecular complexity index is 395. The maximum atomic E-state index is 11.8. The van der Waals surface area contributed by atoms with Gasteiger partial charge < -0.3 is 10.6 Å². The van der Waals surface area contributed by atoms with Gasteiger partial charge in [0.1, 0.15) is 0 Å². The smallest absolute Gasteiger partial charge is 0.241 e. The zero-order chi connectivity index (χ0) is 13.4. The maximum Gasteiger partial charge on any atom is 0.241 e. The Morgan fingerprint density at radius 3 is 2.61 bits per heavy atom. The molecule has 100 valence electrons. The van der Waals surface area contributed by atoms with Crippen molar-refractivity contribution < 1.29 is 9.00 Å². The van der Waals surface area contributed by atoms with Crippen LogP contribution in [0.3, 0.4) is 0 Å². The van der Waals surface area contributed by atoms with E-state index < -0.39 is 10.8 Å². The number of rotatable bonds is 7. The first-order valence-electron chi connectivity index (χ1n) is 6.07. The van der Waals surface area contributed by atoms with Gasteiger partial charge in [-0.25, -0.2) is 0 Å². The Balaban J connectivity index is 2.31. The minimum absolute atomic E-state index is 0.0801. The fraction of sp³-hybridized carbons (Fsp3) is 0.462. The van der Waals surface area contributed by atoms with Crippen LogP contribution in [-0.4, -0.2) is 34.2 Å². The summed E-state index contributed by atoms with van der Waals surface area (Å²) >= 11 is 0. The molecule has 0 bridgehead atoms. The number of para-hydroxylation sites is 1. The number of amides is 1. The summed E-state index contributed by atoms with van der Waals surface area (Å²) in [5.41, 5.74) is 0.785. The average molecular weight is 268 g/mol. The summed E-state index contributed by atoms with van der Waals surface area (Å²) in [6.45, 7) is 4.28. The minimum atomic E-state index is -0.789. The predicted octanol–water partition coefficient (Wildman–Crippen LogP) is 1.37. The lowest BCUT2D eigenvalue weighted by Crippen LogP contribution is -2.39. The molecule has 2 atom stereocenters. The highest BCUT2D eigenvalue weighted by atomic mass is 32.2. The van der Waals surface area contributed by atoms with Crippen LogP contribution in [0.25, 0.3) is 0 Å². The second kappa shape index (κ2) is 8.00. The Morgan fingerprint density at radius 2 is 2.00 bits per heavy atom. The Hall–Kier alpha value is -1.20. The lowest BCUT2D eigenvalue weighted by molar-refractivity contribution is -0.117. The van der Waals surface area contributed by atoms with Gasteiger partial charge in [-0.2, -0.15) is 0 Å². The third-order valence-corrected chi connectivity index (χ3v) is 3.84. The molecule has 0 saturated heterocycles. The van der Waals surface area contributed by atoms with Crippen LogP contribution >= 0.6 is 0 Å². The van der Waals surface area contributed by atoms with Crippen molar-refractivity contribution in [1.29, 1.82) is 0 Å². The second-order valence-corrected chi connectivity index (χ2v) is 5.83. The largest absolute Gasteiger partial charge is 0.325 e. The molecule has 1 rings (SSSR count). The number of benzene rings is 1. The lowest BCUT2D eigenvalue weighted by Gasteiger charge is -2.13. The van der Waals surface area contributed by atoms with Crippen LogP contribution in [0.5, 0.6) is 0 Å². The SMILES string of the molecule is CCS(=O)CCNC(C)C(=O)Nc1ccccc1. The predicted molar refractivity (Wildman–Crippen MR) is 76.1 cm³/mol. The van der Waals surface area contributed by atoms with Gasteiger partial charge in [0, 0.05) is 34.5 Å². The number of anilines is 1. The Labute approximate surface area is 111 Å². The van der Waals surface area contributed by atoms with Crippen LogP contribution in [0.4, 0.5) is 5.69 Å². The van der Waals surface area contributed by atoms with Gasteiger partial charge in [0.25, 0.3) is 0 Å². The van der Waals surface area contributed by atoms with Crippen molar-refractivity contribution in [3.8, 4) is 0 Å². The van der Waals surface area contributed by atoms with E-state index in [1.54, 1.807) is 6.92 Å². The summed E-state index contributed by atoms with van der Waals surface area (Å²) < 4.78 is 11.2. The first kappa shape index (κ1) is 14.9. The van der Waals surface area contributed by atoms with Crippen molar-refractivity contribution in [2.24, 2.45) is 0 Å². The van der Waals surface area contributed by atoms with Gasteiger partial charge in [-0.3, -0.25) is 9.00 Å². The molecule has 5 heteroatoms. The van der Waals surface area contributed by atoms with E-state index in [-0.39, 0.29) is 11.9 Å². The number of nitrogens with one attached hydrogen (secondary N) is 2. The molecule has 1 amide bonds. The van der Waals surface area contributed by atoms with Crippen molar-refractivity contribution in [3.05, 3.63) is 30.3 Å². The first-order valence-corrected chi connectivity index (χ1v) is 7.56. The van der Waals surface area contributed by atoms with E-state index in [9.17, 15) is 9.00 Å². The molecule has 0 spiro atoms. The summed E-state index contributed by atoms with van der Waals surface area (Å²) in [7, 11) is -0.789. The van der Waals surface area contributed by atoms with Crippen molar-refractivity contribution >= 4 is 22.4 Å². The molecule has 0 aliphatic heterocycles. The number of carbonyl (C=O) groups is 1. The molecule has 0 saturated carbocycles. The summed E-state index contributed by atoms with van der Waals surface area (Å²) in [5, 5.41) is 5.88. The lowest BCUT2D eigenvalue weighted by atomic mass is 10.2. The van der Waals surface area contributed by atoms with Crippen LogP contribution in [0, 0.1) is 0 Å². The van der Waals surface area contributed by atoms with Crippen molar-refractivity contribution in [2.75, 3.05) is 23.4 Å². The van der Waals surface area contributed by atoms with Gasteiger partial charge >= 0.3 is 0 Å². The molecule has 4 nitrogen and oxygen atoms in total. The van der Waals surface area contributed by atoms with Crippen LogP contribution in [0.2, 0.25) is 0 Å². The third-order valence-electron chi connectivity index (χ3n) is 2.54. The van der Waals surface area contributed by atoms with E-state index in [1.165, 1.54) is 0 Å². The van der Waals surface area contributed by atoms with E-state index in [0.717, 1.165) is 5.69 Å². The van der Waals surface area contributed by atoms with E-state index in [4.69, 9.17) is 0 Å².